The fraction of sp³-hybridized carbons (Fsp3) is 0. The Bertz CT molecular complexity index is 2490. The Kier molecular flexibility index (Phi) is 5.61. The quantitative estimate of drug-likeness (QED) is 0.150. The van der Waals surface area contributed by atoms with Gasteiger partial charge in [-0.05, 0) is 99.4 Å². The van der Waals surface area contributed by atoms with Gasteiger partial charge in [0.2, 0.25) is 0 Å². The standard InChI is InChI=1S/C44H28/c1-3-18-33-29(13-1)15-12-26-37(33)44-40-24-9-7-22-38(40)43(39-23-8-10-25-41(39)44)32-17-11-16-30(27-32)42-28-31-14-2-4-19-34(31)35-20-5-6-21-36(35)42/h1-28H. The van der Waals surface area contributed by atoms with Crippen molar-refractivity contribution in [2.24, 2.45) is 0 Å². The first-order valence-electron chi connectivity index (χ1n) is 15.3. The predicted octanol–water partition coefficient (Wildman–Crippen LogP) is 12.5. The first-order chi connectivity index (χ1) is 21.8. The van der Waals surface area contributed by atoms with E-state index in [0.29, 0.717) is 0 Å². The number of fused-ring (bicyclic) bond motifs is 6. The molecule has 9 aromatic rings. The minimum Gasteiger partial charge on any atom is -0.0616 e. The van der Waals surface area contributed by atoms with Crippen molar-refractivity contribution in [1.29, 1.82) is 0 Å². The van der Waals surface area contributed by atoms with E-state index in [1.165, 1.54) is 87.2 Å². The average molecular weight is 557 g/mol. The second-order valence-electron chi connectivity index (χ2n) is 11.6. The number of hydrogen-bond donors (Lipinski definition) is 0. The van der Waals surface area contributed by atoms with Gasteiger partial charge in [0.05, 0.1) is 0 Å². The highest BCUT2D eigenvalue weighted by Gasteiger charge is 2.18. The molecular formula is C44H28. The Morgan fingerprint density at radius 1 is 0.227 bits per heavy atom. The van der Waals surface area contributed by atoms with E-state index in [-0.39, 0.29) is 0 Å². The molecule has 0 aliphatic carbocycles. The largest absolute Gasteiger partial charge is 0.0616 e. The summed E-state index contributed by atoms with van der Waals surface area (Å²) in [6, 6.07) is 62.3. The molecule has 44 heavy (non-hydrogen) atoms. The molecule has 204 valence electrons. The van der Waals surface area contributed by atoms with Gasteiger partial charge in [0.1, 0.15) is 0 Å². The fourth-order valence-corrected chi connectivity index (χ4v) is 7.31. The maximum atomic E-state index is 2.39. The zero-order valence-electron chi connectivity index (χ0n) is 24.2. The molecule has 0 unspecified atom stereocenters. The molecule has 0 spiro atoms. The molecule has 0 nitrogen and oxygen atoms in total. The highest BCUT2D eigenvalue weighted by molar-refractivity contribution is 6.23. The lowest BCUT2D eigenvalue weighted by molar-refractivity contribution is 1.64. The van der Waals surface area contributed by atoms with E-state index < -0.39 is 0 Å². The third-order valence-corrected chi connectivity index (χ3v) is 9.22. The number of rotatable bonds is 3. The zero-order chi connectivity index (χ0) is 29.0. The third-order valence-electron chi connectivity index (χ3n) is 9.22. The molecule has 0 saturated heterocycles. The Morgan fingerprint density at radius 3 is 1.41 bits per heavy atom. The molecule has 0 aromatic heterocycles. The maximum Gasteiger partial charge on any atom is -0.00201 e. The molecule has 0 bridgehead atoms. The first kappa shape index (κ1) is 24.8. The fourth-order valence-electron chi connectivity index (χ4n) is 7.31. The summed E-state index contributed by atoms with van der Waals surface area (Å²) in [7, 11) is 0. The van der Waals surface area contributed by atoms with Gasteiger partial charge in [-0.25, -0.2) is 0 Å². The van der Waals surface area contributed by atoms with E-state index in [1.807, 2.05) is 0 Å². The summed E-state index contributed by atoms with van der Waals surface area (Å²) in [5.74, 6) is 0. The minimum atomic E-state index is 1.23. The summed E-state index contributed by atoms with van der Waals surface area (Å²) >= 11 is 0. The van der Waals surface area contributed by atoms with Crippen molar-refractivity contribution in [3.8, 4) is 33.4 Å². The van der Waals surface area contributed by atoms with Crippen LogP contribution in [0.3, 0.4) is 0 Å². The molecule has 0 N–H and O–H groups in total. The monoisotopic (exact) mass is 556 g/mol. The van der Waals surface area contributed by atoms with Gasteiger partial charge < -0.3 is 0 Å². The molecule has 0 saturated carbocycles. The van der Waals surface area contributed by atoms with Crippen molar-refractivity contribution in [3.63, 3.8) is 0 Å². The molecule has 0 fully saturated rings. The number of benzene rings is 9. The maximum absolute atomic E-state index is 2.39. The van der Waals surface area contributed by atoms with Crippen molar-refractivity contribution in [1.82, 2.24) is 0 Å². The summed E-state index contributed by atoms with van der Waals surface area (Å²) in [5.41, 5.74) is 7.59. The van der Waals surface area contributed by atoms with E-state index in [1.54, 1.807) is 0 Å². The Labute approximate surface area is 256 Å². The molecule has 0 radical (unpaired) electrons. The van der Waals surface area contributed by atoms with Crippen LogP contribution in [0.5, 0.6) is 0 Å². The molecule has 9 aromatic carbocycles. The van der Waals surface area contributed by atoms with Gasteiger partial charge >= 0.3 is 0 Å². The van der Waals surface area contributed by atoms with Crippen LogP contribution >= 0.6 is 0 Å². The summed E-state index contributed by atoms with van der Waals surface area (Å²) in [6.07, 6.45) is 0. The average Bonchev–Trinajstić information content (AvgIpc) is 3.10. The topological polar surface area (TPSA) is 0 Å². The molecule has 0 atom stereocenters. The van der Waals surface area contributed by atoms with E-state index in [4.69, 9.17) is 0 Å². The Hall–Kier alpha value is -5.72. The van der Waals surface area contributed by atoms with Crippen LogP contribution in [0.15, 0.2) is 170 Å². The van der Waals surface area contributed by atoms with Gasteiger partial charge in [-0.3, -0.25) is 0 Å². The van der Waals surface area contributed by atoms with Gasteiger partial charge in [-0.2, -0.15) is 0 Å². The lowest BCUT2D eigenvalue weighted by Gasteiger charge is -2.19. The van der Waals surface area contributed by atoms with E-state index in [0.717, 1.165) is 0 Å². The van der Waals surface area contributed by atoms with E-state index in [9.17, 15) is 0 Å². The van der Waals surface area contributed by atoms with Gasteiger partial charge in [0, 0.05) is 0 Å². The highest BCUT2D eigenvalue weighted by Crippen LogP contribution is 2.46. The summed E-state index contributed by atoms with van der Waals surface area (Å²) in [5, 5.41) is 12.8. The second-order valence-corrected chi connectivity index (χ2v) is 11.6. The van der Waals surface area contributed by atoms with Crippen LogP contribution in [-0.2, 0) is 0 Å². The second kappa shape index (κ2) is 9.93. The van der Waals surface area contributed by atoms with Gasteiger partial charge in [0.15, 0.2) is 0 Å². The molecule has 0 aliphatic heterocycles. The lowest BCUT2D eigenvalue weighted by Crippen LogP contribution is -1.92. The molecule has 0 amide bonds. The molecule has 0 aliphatic rings. The first-order valence-corrected chi connectivity index (χ1v) is 15.3. The minimum absolute atomic E-state index is 1.23. The predicted molar refractivity (Wildman–Crippen MR) is 190 cm³/mol. The van der Waals surface area contributed by atoms with Crippen molar-refractivity contribution < 1.29 is 0 Å². The molecule has 0 heteroatoms. The van der Waals surface area contributed by atoms with Crippen LogP contribution in [0.4, 0.5) is 0 Å². The SMILES string of the molecule is c1cc(-c2c3ccccc3c(-c3cccc4ccccc34)c3ccccc23)cc(-c2cc3ccccc3c3ccccc23)c1. The van der Waals surface area contributed by atoms with Crippen LogP contribution < -0.4 is 0 Å². The Morgan fingerprint density at radius 2 is 0.705 bits per heavy atom. The molecule has 0 heterocycles. The Balaban J connectivity index is 1.35. The number of hydrogen-bond acceptors (Lipinski definition) is 0. The van der Waals surface area contributed by atoms with Crippen LogP contribution in [0, 0.1) is 0 Å². The van der Waals surface area contributed by atoms with Crippen molar-refractivity contribution in [2.75, 3.05) is 0 Å². The van der Waals surface area contributed by atoms with Crippen molar-refractivity contribution >= 4 is 53.9 Å². The van der Waals surface area contributed by atoms with Crippen LogP contribution in [0.1, 0.15) is 0 Å². The van der Waals surface area contributed by atoms with E-state index >= 15 is 0 Å². The third kappa shape index (κ3) is 3.78. The van der Waals surface area contributed by atoms with E-state index in [2.05, 4.69) is 170 Å². The smallest absolute Gasteiger partial charge is 0.00201 e. The normalized spacial score (nSPS) is 11.6. The van der Waals surface area contributed by atoms with Crippen LogP contribution in [-0.4, -0.2) is 0 Å². The summed E-state index contributed by atoms with van der Waals surface area (Å²) in [4.78, 5) is 0. The molecule has 9 rings (SSSR count). The van der Waals surface area contributed by atoms with Crippen molar-refractivity contribution in [2.45, 2.75) is 0 Å². The van der Waals surface area contributed by atoms with Gasteiger partial charge in [0.25, 0.3) is 0 Å². The van der Waals surface area contributed by atoms with Gasteiger partial charge in [-0.1, -0.05) is 158 Å². The van der Waals surface area contributed by atoms with Crippen molar-refractivity contribution in [3.05, 3.63) is 170 Å². The van der Waals surface area contributed by atoms with Gasteiger partial charge in [-0.15, -0.1) is 0 Å². The lowest BCUT2D eigenvalue weighted by atomic mass is 9.84. The summed E-state index contributed by atoms with van der Waals surface area (Å²) in [6.45, 7) is 0. The van der Waals surface area contributed by atoms with Crippen LogP contribution in [0.25, 0.3) is 87.2 Å². The highest BCUT2D eigenvalue weighted by atomic mass is 14.2. The molecular weight excluding hydrogens is 528 g/mol. The summed E-state index contributed by atoms with van der Waals surface area (Å²) < 4.78 is 0. The zero-order valence-corrected chi connectivity index (χ0v) is 24.2. The van der Waals surface area contributed by atoms with Crippen LogP contribution in [0.2, 0.25) is 0 Å².